The number of rotatable bonds is 4. The van der Waals surface area contributed by atoms with E-state index < -0.39 is 0 Å². The largest absolute Gasteiger partial charge is 0.441 e. The first-order valence-corrected chi connectivity index (χ1v) is 8.54. The zero-order valence-electron chi connectivity index (χ0n) is 13.8. The molecule has 0 unspecified atom stereocenters. The lowest BCUT2D eigenvalue weighted by atomic mass is 10.0. The van der Waals surface area contributed by atoms with Crippen LogP contribution in [-0.2, 0) is 11.2 Å². The summed E-state index contributed by atoms with van der Waals surface area (Å²) in [4.78, 5) is 18.9. The first kappa shape index (κ1) is 21.0. The minimum Gasteiger partial charge on any atom is -0.441 e. The molecule has 0 atom stereocenters. The number of hydrogen-bond donors (Lipinski definition) is 1. The number of thiophene rings is 1. The highest BCUT2D eigenvalue weighted by atomic mass is 35.5. The Balaban J connectivity index is 0.00000144. The maximum atomic E-state index is 12.5. The molecule has 0 bridgehead atoms. The Morgan fingerprint density at radius 3 is 2.75 bits per heavy atom. The molecule has 1 aliphatic rings. The van der Waals surface area contributed by atoms with Crippen LogP contribution in [0.3, 0.4) is 0 Å². The molecular formula is C16H23Cl2N3O2S. The number of hydrogen-bond acceptors (Lipinski definition) is 5. The lowest BCUT2D eigenvalue weighted by molar-refractivity contribution is -0.131. The van der Waals surface area contributed by atoms with Crippen molar-refractivity contribution >= 4 is 42.1 Å². The SMILES string of the molecule is Cc1oc(-c2ccsc2)nc1CC(=O)N(C)C1CCNCC1.Cl.Cl. The normalized spacial score (nSPS) is 14.6. The van der Waals surface area contributed by atoms with Gasteiger partial charge in [0.1, 0.15) is 5.76 Å². The number of aryl methyl sites for hydroxylation is 1. The van der Waals surface area contributed by atoms with E-state index in [0.29, 0.717) is 18.4 Å². The second kappa shape index (κ2) is 9.42. The number of nitrogens with zero attached hydrogens (tertiary/aromatic N) is 2. The molecule has 24 heavy (non-hydrogen) atoms. The van der Waals surface area contributed by atoms with Gasteiger partial charge in [-0.3, -0.25) is 4.79 Å². The summed E-state index contributed by atoms with van der Waals surface area (Å²) in [5, 5.41) is 7.31. The van der Waals surface area contributed by atoms with Crippen molar-refractivity contribution in [1.82, 2.24) is 15.2 Å². The molecule has 0 radical (unpaired) electrons. The minimum atomic E-state index is 0. The number of piperidine rings is 1. The van der Waals surface area contributed by atoms with Crippen LogP contribution in [0.4, 0.5) is 0 Å². The number of likely N-dealkylation sites (N-methyl/N-ethyl adjacent to an activating group) is 1. The smallest absolute Gasteiger partial charge is 0.228 e. The standard InChI is InChI=1S/C16H21N3O2S.2ClH/c1-11-14(18-16(21-11)12-5-8-22-10-12)9-15(20)19(2)13-3-6-17-7-4-13;;/h5,8,10,13,17H,3-4,6-7,9H2,1-2H3;2*1H. The van der Waals surface area contributed by atoms with Gasteiger partial charge in [-0.1, -0.05) is 0 Å². The highest BCUT2D eigenvalue weighted by molar-refractivity contribution is 7.08. The predicted octanol–water partition coefficient (Wildman–Crippen LogP) is 3.31. The Kier molecular flexibility index (Phi) is 8.22. The van der Waals surface area contributed by atoms with Crippen LogP contribution in [0.25, 0.3) is 11.5 Å². The third-order valence-electron chi connectivity index (χ3n) is 4.23. The summed E-state index contributed by atoms with van der Waals surface area (Å²) in [7, 11) is 1.90. The van der Waals surface area contributed by atoms with E-state index >= 15 is 0 Å². The monoisotopic (exact) mass is 391 g/mol. The fourth-order valence-corrected chi connectivity index (χ4v) is 3.40. The molecule has 2 aromatic rings. The van der Waals surface area contributed by atoms with E-state index in [0.717, 1.165) is 42.9 Å². The molecule has 0 saturated carbocycles. The van der Waals surface area contributed by atoms with Crippen molar-refractivity contribution in [2.45, 2.75) is 32.2 Å². The van der Waals surface area contributed by atoms with Crippen LogP contribution in [0.15, 0.2) is 21.2 Å². The average molecular weight is 392 g/mol. The van der Waals surface area contributed by atoms with Crippen molar-refractivity contribution in [3.8, 4) is 11.5 Å². The molecular weight excluding hydrogens is 369 g/mol. The van der Waals surface area contributed by atoms with E-state index in [-0.39, 0.29) is 30.7 Å². The number of oxazole rings is 1. The Labute approximate surface area is 158 Å². The van der Waals surface area contributed by atoms with Crippen molar-refractivity contribution in [1.29, 1.82) is 0 Å². The number of halogens is 2. The maximum absolute atomic E-state index is 12.5. The van der Waals surface area contributed by atoms with Gasteiger partial charge in [0, 0.05) is 24.0 Å². The molecule has 3 heterocycles. The fraction of sp³-hybridized carbons (Fsp3) is 0.500. The van der Waals surface area contributed by atoms with E-state index in [1.807, 2.05) is 35.7 Å². The van der Waals surface area contributed by atoms with Gasteiger partial charge < -0.3 is 14.6 Å². The summed E-state index contributed by atoms with van der Waals surface area (Å²) in [6, 6.07) is 2.31. The van der Waals surface area contributed by atoms with Crippen LogP contribution < -0.4 is 5.32 Å². The molecule has 8 heteroatoms. The molecule has 1 amide bonds. The van der Waals surface area contributed by atoms with Gasteiger partial charge in [0.15, 0.2) is 0 Å². The highest BCUT2D eigenvalue weighted by Gasteiger charge is 2.23. The van der Waals surface area contributed by atoms with Crippen LogP contribution in [0.1, 0.15) is 24.3 Å². The Hall–Kier alpha value is -1.08. The molecule has 5 nitrogen and oxygen atoms in total. The number of carbonyl (C=O) groups is 1. The highest BCUT2D eigenvalue weighted by Crippen LogP contribution is 2.24. The number of amides is 1. The molecule has 1 saturated heterocycles. The summed E-state index contributed by atoms with van der Waals surface area (Å²) in [5.41, 5.74) is 1.71. The minimum absolute atomic E-state index is 0. The van der Waals surface area contributed by atoms with Crippen LogP contribution in [-0.4, -0.2) is 42.0 Å². The van der Waals surface area contributed by atoms with Crippen molar-refractivity contribution in [2.75, 3.05) is 20.1 Å². The Morgan fingerprint density at radius 1 is 1.42 bits per heavy atom. The van der Waals surface area contributed by atoms with E-state index in [9.17, 15) is 4.79 Å². The van der Waals surface area contributed by atoms with E-state index in [1.54, 1.807) is 11.3 Å². The van der Waals surface area contributed by atoms with Gasteiger partial charge >= 0.3 is 0 Å². The molecule has 3 rings (SSSR count). The zero-order chi connectivity index (χ0) is 15.5. The molecule has 0 aliphatic carbocycles. The molecule has 2 aromatic heterocycles. The molecule has 1 fully saturated rings. The van der Waals surface area contributed by atoms with Crippen LogP contribution in [0.2, 0.25) is 0 Å². The molecule has 0 aromatic carbocycles. The summed E-state index contributed by atoms with van der Waals surface area (Å²) >= 11 is 1.61. The van der Waals surface area contributed by atoms with Gasteiger partial charge in [0.05, 0.1) is 12.1 Å². The van der Waals surface area contributed by atoms with Crippen LogP contribution in [0, 0.1) is 6.92 Å². The second-order valence-electron chi connectivity index (χ2n) is 5.70. The van der Waals surface area contributed by atoms with Crippen molar-refractivity contribution in [3.05, 3.63) is 28.3 Å². The number of nitrogens with one attached hydrogen (secondary N) is 1. The summed E-state index contributed by atoms with van der Waals surface area (Å²) < 4.78 is 5.70. The number of aromatic nitrogens is 1. The summed E-state index contributed by atoms with van der Waals surface area (Å²) in [5.74, 6) is 1.44. The topological polar surface area (TPSA) is 58.4 Å². The van der Waals surface area contributed by atoms with Gasteiger partial charge in [0.2, 0.25) is 11.8 Å². The van der Waals surface area contributed by atoms with Crippen molar-refractivity contribution < 1.29 is 9.21 Å². The van der Waals surface area contributed by atoms with E-state index in [4.69, 9.17) is 4.42 Å². The molecule has 134 valence electrons. The van der Waals surface area contributed by atoms with Gasteiger partial charge in [-0.05, 0) is 44.3 Å². The Bertz CT molecular complexity index is 640. The predicted molar refractivity (Wildman–Crippen MR) is 101 cm³/mol. The molecule has 0 spiro atoms. The maximum Gasteiger partial charge on any atom is 0.228 e. The van der Waals surface area contributed by atoms with E-state index in [2.05, 4.69) is 10.3 Å². The quantitative estimate of drug-likeness (QED) is 0.868. The summed E-state index contributed by atoms with van der Waals surface area (Å²) in [6.07, 6.45) is 2.33. The van der Waals surface area contributed by atoms with Crippen LogP contribution in [0.5, 0.6) is 0 Å². The first-order chi connectivity index (χ1) is 10.6. The number of carbonyl (C=O) groups excluding carboxylic acids is 1. The van der Waals surface area contributed by atoms with E-state index in [1.165, 1.54) is 0 Å². The van der Waals surface area contributed by atoms with Crippen molar-refractivity contribution in [3.63, 3.8) is 0 Å². The summed E-state index contributed by atoms with van der Waals surface area (Å²) in [6.45, 7) is 3.83. The van der Waals surface area contributed by atoms with Crippen LogP contribution >= 0.6 is 36.2 Å². The Morgan fingerprint density at radius 2 is 2.12 bits per heavy atom. The second-order valence-corrected chi connectivity index (χ2v) is 6.48. The van der Waals surface area contributed by atoms with Crippen molar-refractivity contribution in [2.24, 2.45) is 0 Å². The third-order valence-corrected chi connectivity index (χ3v) is 4.91. The molecule has 1 N–H and O–H groups in total. The lowest BCUT2D eigenvalue weighted by Crippen LogP contribution is -2.44. The third kappa shape index (κ3) is 4.72. The first-order valence-electron chi connectivity index (χ1n) is 7.60. The van der Waals surface area contributed by atoms with Gasteiger partial charge in [-0.2, -0.15) is 11.3 Å². The molecule has 1 aliphatic heterocycles. The van der Waals surface area contributed by atoms with Gasteiger partial charge in [-0.15, -0.1) is 24.8 Å². The average Bonchev–Trinajstić information content (AvgIpc) is 3.18. The van der Waals surface area contributed by atoms with Gasteiger partial charge in [0.25, 0.3) is 0 Å². The fourth-order valence-electron chi connectivity index (χ4n) is 2.77. The lowest BCUT2D eigenvalue weighted by Gasteiger charge is -2.31. The zero-order valence-corrected chi connectivity index (χ0v) is 16.2. The van der Waals surface area contributed by atoms with Gasteiger partial charge in [-0.25, -0.2) is 4.98 Å².